The average Bonchev–Trinajstić information content (AvgIpc) is 4.24. The maximum Gasteiger partial charge on any atom is 0.225 e. The monoisotopic (exact) mass is 1120 g/mol. The third kappa shape index (κ3) is 7.49. The molecule has 8 aliphatic carbocycles. The van der Waals surface area contributed by atoms with Crippen molar-refractivity contribution in [3.8, 4) is 12.1 Å². The van der Waals surface area contributed by atoms with Gasteiger partial charge in [-0.1, -0.05) is 76.5 Å². The molecule has 10 aliphatic rings. The molecule has 3 heterocycles. The number of hydrogen-bond donors (Lipinski definition) is 2. The van der Waals surface area contributed by atoms with Crippen molar-refractivity contribution in [3.05, 3.63) is 89.7 Å². The zero-order chi connectivity index (χ0) is 54.6. The highest BCUT2D eigenvalue weighted by atomic mass is 32.2. The lowest BCUT2D eigenvalue weighted by Crippen LogP contribution is -2.70. The maximum atomic E-state index is 17.6. The topological polar surface area (TPSA) is 206 Å². The molecule has 418 valence electrons. The van der Waals surface area contributed by atoms with Gasteiger partial charge in [-0.15, -0.1) is 0 Å². The van der Waals surface area contributed by atoms with Crippen LogP contribution in [0.2, 0.25) is 0 Å². The molecular weight excluding hydrogens is 1050 g/mol. The van der Waals surface area contributed by atoms with Crippen LogP contribution in [0, 0.1) is 68.0 Å². The number of ketones is 2. The van der Waals surface area contributed by atoms with Crippen molar-refractivity contribution in [2.24, 2.45) is 45.3 Å². The standard InChI is InChI=1S/C32H30F2N2O5S.C25H29F2NO5S.2CH4/c1-29-8-7-19(37)13-22(29)23(33)14-21-20-15-26-32(28(39)42-11-9-35,30(20,2)16-25(38)31(21,29)34)41-27(40-26)18-5-6-24-17(12-18)4-3-10-36-24;1-21(2)32-19-11-14-15-10-17(26)16-9-13(29)5-6-22(16,3)24(15,27)18(30)12-23(14,4)25(19,33-21)20(31)34-8-7-28;;/h3-8,10,12-13,20-21,23,25-27,38H,11,14-16H2,1-2H3;5-6,9,14-15,17-19,30H,8,10-12H2,1-4H3;2*1H4/t20-,21-,23-,25-,26+,27?,29-,30-,31-,32-;14-,15-,17-,18-,19+,22-,23-,24-,25-;;/m00../s1. The Hall–Kier alpha value is -4.57. The molecule has 19 atom stereocenters. The molecule has 0 amide bonds. The molecule has 12 rings (SSSR count). The first-order valence-corrected chi connectivity index (χ1v) is 27.8. The fourth-order valence-corrected chi connectivity index (χ4v) is 18.4. The number of halogens is 4. The molecule has 0 radical (unpaired) electrons. The van der Waals surface area contributed by atoms with Gasteiger partial charge in [0.1, 0.15) is 12.3 Å². The molecule has 1 unspecified atom stereocenters. The third-order valence-corrected chi connectivity index (χ3v) is 21.7. The highest BCUT2D eigenvalue weighted by Gasteiger charge is 2.82. The number of ether oxygens (including phenoxy) is 4. The summed E-state index contributed by atoms with van der Waals surface area (Å²) >= 11 is 1.65. The molecule has 1 aromatic heterocycles. The third-order valence-electron chi connectivity index (χ3n) is 20.0. The van der Waals surface area contributed by atoms with Gasteiger partial charge in [0.25, 0.3) is 0 Å². The summed E-state index contributed by atoms with van der Waals surface area (Å²) in [6, 6.07) is 13.2. The SMILES string of the molecule is C.C.CC1(C)O[C@@H]2C[C@H]3[C@@H]4C[C@H](F)C5=CC(=O)C=C[C@]5(C)[C@@]4(F)[C@@H](O)C[C@]3(C)[C@]2(C(=O)SCC#N)O1.C[C@]12C=CC(=O)C=C1[C@@H](F)C[C@H]1[C@@H]3C[C@H]4OC(c5ccc6ncccc6c5)O[C@@]4(C(=O)SCC#N)[C@@]3(C)C[C@H](O)[C@@]12F. The van der Waals surface area contributed by atoms with Crippen LogP contribution in [0.5, 0.6) is 0 Å². The Morgan fingerprint density at radius 2 is 1.22 bits per heavy atom. The molecule has 19 heteroatoms. The van der Waals surface area contributed by atoms with Crippen LogP contribution in [0.4, 0.5) is 17.6 Å². The maximum absolute atomic E-state index is 17.6. The lowest BCUT2D eigenvalue weighted by molar-refractivity contribution is -0.246. The zero-order valence-electron chi connectivity index (χ0n) is 42.8. The van der Waals surface area contributed by atoms with E-state index >= 15 is 17.6 Å². The van der Waals surface area contributed by atoms with E-state index in [9.17, 15) is 34.7 Å². The molecule has 1 aromatic carbocycles. The second kappa shape index (κ2) is 19.3. The van der Waals surface area contributed by atoms with E-state index in [4.69, 9.17) is 24.2 Å². The van der Waals surface area contributed by atoms with E-state index in [0.717, 1.165) is 46.6 Å². The highest BCUT2D eigenvalue weighted by molar-refractivity contribution is 8.14. The molecule has 2 aliphatic heterocycles. The minimum absolute atomic E-state index is 0. The van der Waals surface area contributed by atoms with Crippen molar-refractivity contribution in [2.45, 2.75) is 166 Å². The van der Waals surface area contributed by atoms with Gasteiger partial charge in [0.15, 0.2) is 46.2 Å². The predicted molar refractivity (Wildman–Crippen MR) is 284 cm³/mol. The number of alkyl halides is 4. The minimum Gasteiger partial charge on any atom is -0.390 e. The van der Waals surface area contributed by atoms with Crippen molar-refractivity contribution in [2.75, 3.05) is 11.5 Å². The number of pyridine rings is 1. The molecule has 0 bridgehead atoms. The van der Waals surface area contributed by atoms with Crippen molar-refractivity contribution >= 4 is 56.2 Å². The summed E-state index contributed by atoms with van der Waals surface area (Å²) in [4.78, 5) is 56.1. The summed E-state index contributed by atoms with van der Waals surface area (Å²) in [5.74, 6) is -5.07. The van der Waals surface area contributed by atoms with Crippen molar-refractivity contribution in [3.63, 3.8) is 0 Å². The Morgan fingerprint density at radius 1 is 0.718 bits per heavy atom. The van der Waals surface area contributed by atoms with Gasteiger partial charge in [0.2, 0.25) is 10.2 Å². The smallest absolute Gasteiger partial charge is 0.225 e. The fourth-order valence-electron chi connectivity index (χ4n) is 16.8. The van der Waals surface area contributed by atoms with Gasteiger partial charge >= 0.3 is 0 Å². The second-order valence-corrected chi connectivity index (χ2v) is 25.7. The van der Waals surface area contributed by atoms with Gasteiger partial charge in [-0.2, -0.15) is 10.5 Å². The molecule has 2 N–H and O–H groups in total. The van der Waals surface area contributed by atoms with Gasteiger partial charge in [0.05, 0.1) is 53.6 Å². The first kappa shape index (κ1) is 58.1. The molecular formula is C59H67F4N3O10S2. The number of allylic oxidation sites excluding steroid dienone is 8. The van der Waals surface area contributed by atoms with Gasteiger partial charge in [-0.05, 0) is 132 Å². The number of fused-ring (bicyclic) bond motifs is 15. The largest absolute Gasteiger partial charge is 0.390 e. The van der Waals surface area contributed by atoms with E-state index in [1.807, 2.05) is 49.4 Å². The van der Waals surface area contributed by atoms with Crippen molar-refractivity contribution in [1.29, 1.82) is 10.5 Å². The van der Waals surface area contributed by atoms with Crippen LogP contribution < -0.4 is 0 Å². The predicted octanol–water partition coefficient (Wildman–Crippen LogP) is 9.96. The van der Waals surface area contributed by atoms with E-state index in [0.29, 0.717) is 5.56 Å². The first-order valence-electron chi connectivity index (χ1n) is 25.8. The van der Waals surface area contributed by atoms with Crippen LogP contribution in [0.15, 0.2) is 84.1 Å². The van der Waals surface area contributed by atoms with Crippen LogP contribution >= 0.6 is 23.5 Å². The lowest BCUT2D eigenvalue weighted by atomic mass is 9.44. The summed E-state index contributed by atoms with van der Waals surface area (Å²) in [6.07, 6.45) is 0.394. The number of carbonyl (C=O) groups excluding carboxylic acids is 4. The summed E-state index contributed by atoms with van der Waals surface area (Å²) in [5.41, 5.74) is -11.2. The molecule has 8 fully saturated rings. The Kier molecular flexibility index (Phi) is 14.4. The van der Waals surface area contributed by atoms with Gasteiger partial charge < -0.3 is 29.2 Å². The van der Waals surface area contributed by atoms with E-state index < -0.39 is 133 Å². The summed E-state index contributed by atoms with van der Waals surface area (Å²) in [5, 5.41) is 41.5. The molecule has 13 nitrogen and oxygen atoms in total. The molecule has 0 spiro atoms. The quantitative estimate of drug-likeness (QED) is 0.267. The van der Waals surface area contributed by atoms with Gasteiger partial charge in [-0.3, -0.25) is 24.2 Å². The van der Waals surface area contributed by atoms with Crippen LogP contribution in [-0.2, 0) is 38.1 Å². The normalized spacial score (nSPS) is 45.5. The summed E-state index contributed by atoms with van der Waals surface area (Å²) < 4.78 is 91.8. The number of benzene rings is 1. The van der Waals surface area contributed by atoms with Crippen LogP contribution in [-0.4, -0.2) is 114 Å². The van der Waals surface area contributed by atoms with Gasteiger partial charge in [0, 0.05) is 50.6 Å². The van der Waals surface area contributed by atoms with E-state index in [2.05, 4.69) is 4.98 Å². The fraction of sp³-hybridized carbons (Fsp3) is 0.610. The van der Waals surface area contributed by atoms with E-state index in [1.54, 1.807) is 40.8 Å². The Labute approximate surface area is 460 Å². The Bertz CT molecular complexity index is 3090. The number of thioether (sulfide) groups is 2. The number of aromatic nitrogens is 1. The van der Waals surface area contributed by atoms with Crippen molar-refractivity contribution in [1.82, 2.24) is 4.98 Å². The number of aliphatic hydroxyl groups is 2. The number of aliphatic hydroxyl groups excluding tert-OH is 2. The number of carbonyl (C=O) groups is 4. The Balaban J connectivity index is 0.000000189. The zero-order valence-corrected chi connectivity index (χ0v) is 44.4. The van der Waals surface area contributed by atoms with E-state index in [1.165, 1.54) is 24.3 Å². The second-order valence-electron chi connectivity index (χ2n) is 23.8. The van der Waals surface area contributed by atoms with Crippen LogP contribution in [0.25, 0.3) is 10.9 Å². The number of nitrogens with zero attached hydrogens (tertiary/aromatic N) is 3. The lowest BCUT2D eigenvalue weighted by Gasteiger charge is -2.63. The minimum atomic E-state index is -2.28. The van der Waals surface area contributed by atoms with Crippen LogP contribution in [0.1, 0.15) is 107 Å². The van der Waals surface area contributed by atoms with Crippen molar-refractivity contribution < 1.29 is 65.9 Å². The molecule has 78 heavy (non-hydrogen) atoms. The highest BCUT2D eigenvalue weighted by Crippen LogP contribution is 2.75. The number of rotatable bonds is 5. The first-order chi connectivity index (χ1) is 35.8. The average molecular weight is 1120 g/mol. The Morgan fingerprint density at radius 3 is 1.74 bits per heavy atom. The van der Waals surface area contributed by atoms with Crippen LogP contribution in [0.3, 0.4) is 0 Å². The van der Waals surface area contributed by atoms with E-state index in [-0.39, 0.29) is 81.1 Å². The number of hydrogen-bond acceptors (Lipinski definition) is 15. The van der Waals surface area contributed by atoms with Gasteiger partial charge in [-0.25, -0.2) is 17.6 Å². The summed E-state index contributed by atoms with van der Waals surface area (Å²) in [7, 11) is 0. The summed E-state index contributed by atoms with van der Waals surface area (Å²) in [6.45, 7) is 10.1. The molecule has 6 saturated carbocycles. The molecule has 2 saturated heterocycles. The molecule has 2 aromatic rings. The number of nitriles is 2.